The molecule has 1 aliphatic rings. The molecule has 0 radical (unpaired) electrons. The minimum atomic E-state index is 0.146. The number of aryl methyl sites for hydroxylation is 1. The number of fused-ring (bicyclic) bond motifs is 1. The highest BCUT2D eigenvalue weighted by Crippen LogP contribution is 2.33. The first-order valence-electron chi connectivity index (χ1n) is 8.97. The monoisotopic (exact) mass is 377 g/mol. The largest absolute Gasteiger partial charge is 0.315 e. The molecule has 0 N–H and O–H groups in total. The second-order valence-electron chi connectivity index (χ2n) is 6.78. The number of hydrogen-bond acceptors (Lipinski definition) is 2. The van der Waals surface area contributed by atoms with Crippen molar-refractivity contribution in [3.63, 3.8) is 0 Å². The third-order valence-electron chi connectivity index (χ3n) is 4.64. The van der Waals surface area contributed by atoms with Crippen molar-refractivity contribution >= 4 is 22.5 Å². The molecule has 3 heterocycles. The predicted octanol–water partition coefficient (Wildman–Crippen LogP) is 5.17. The fourth-order valence-corrected chi connectivity index (χ4v) is 3.17. The van der Waals surface area contributed by atoms with E-state index in [9.17, 15) is 4.79 Å². The van der Waals surface area contributed by atoms with Gasteiger partial charge in [0, 0.05) is 46.8 Å². The summed E-state index contributed by atoms with van der Waals surface area (Å²) in [5.41, 5.74) is 3.39. The first-order chi connectivity index (χ1) is 13.1. The van der Waals surface area contributed by atoms with Gasteiger partial charge in [-0.2, -0.15) is 0 Å². The van der Waals surface area contributed by atoms with Crippen molar-refractivity contribution in [3.8, 4) is 5.69 Å². The molecule has 3 aromatic heterocycles. The molecular weight excluding hydrogens is 358 g/mol. The molecule has 5 rings (SSSR count). The highest BCUT2D eigenvalue weighted by molar-refractivity contribution is 6.30. The van der Waals surface area contributed by atoms with E-state index in [2.05, 4.69) is 15.6 Å². The van der Waals surface area contributed by atoms with Gasteiger partial charge in [-0.3, -0.25) is 9.78 Å². The zero-order chi connectivity index (χ0) is 18.8. The van der Waals surface area contributed by atoms with E-state index in [0.29, 0.717) is 6.04 Å². The highest BCUT2D eigenvalue weighted by atomic mass is 35.5. The number of aromatic nitrogens is 3. The van der Waals surface area contributed by atoms with Crippen LogP contribution in [0.15, 0.2) is 78.1 Å². The van der Waals surface area contributed by atoms with E-state index in [1.807, 2.05) is 66.5 Å². The zero-order valence-corrected chi connectivity index (χ0v) is 15.8. The van der Waals surface area contributed by atoms with Gasteiger partial charge in [0.25, 0.3) is 5.56 Å². The Kier molecular flexibility index (Phi) is 4.82. The summed E-state index contributed by atoms with van der Waals surface area (Å²) >= 11 is 5.87. The molecule has 1 saturated carbocycles. The third-order valence-corrected chi connectivity index (χ3v) is 4.90. The summed E-state index contributed by atoms with van der Waals surface area (Å²) in [5.74, 6) is 0. The predicted molar refractivity (Wildman–Crippen MR) is 110 cm³/mol. The van der Waals surface area contributed by atoms with Crippen LogP contribution in [0.25, 0.3) is 16.6 Å². The van der Waals surface area contributed by atoms with Crippen molar-refractivity contribution in [1.82, 2.24) is 14.1 Å². The van der Waals surface area contributed by atoms with Crippen LogP contribution in [0.4, 0.5) is 0 Å². The highest BCUT2D eigenvalue weighted by Gasteiger charge is 2.23. The Labute approximate surface area is 162 Å². The van der Waals surface area contributed by atoms with Crippen molar-refractivity contribution in [1.29, 1.82) is 0 Å². The van der Waals surface area contributed by atoms with E-state index < -0.39 is 0 Å². The van der Waals surface area contributed by atoms with E-state index in [-0.39, 0.29) is 5.56 Å². The van der Waals surface area contributed by atoms with Gasteiger partial charge in [-0.05, 0) is 67.8 Å². The molecule has 4 aromatic rings. The minimum absolute atomic E-state index is 0.146. The Morgan fingerprint density at radius 3 is 2.52 bits per heavy atom. The average Bonchev–Trinajstić information content (AvgIpc) is 3.41. The van der Waals surface area contributed by atoms with Crippen LogP contribution < -0.4 is 5.56 Å². The molecule has 0 atom stereocenters. The maximum absolute atomic E-state index is 11.3. The average molecular weight is 378 g/mol. The molecule has 0 aliphatic heterocycles. The van der Waals surface area contributed by atoms with Crippen LogP contribution in [0.2, 0.25) is 5.02 Å². The zero-order valence-electron chi connectivity index (χ0n) is 15.0. The Morgan fingerprint density at radius 2 is 1.81 bits per heavy atom. The lowest BCUT2D eigenvalue weighted by atomic mass is 10.3. The molecule has 1 aromatic carbocycles. The normalized spacial score (nSPS) is 13.3. The molecule has 0 amide bonds. The number of pyridine rings is 2. The topological polar surface area (TPSA) is 39.8 Å². The Balaban J connectivity index is 0.000000143. The Bertz CT molecular complexity index is 1120. The maximum Gasteiger partial charge on any atom is 0.251 e. The van der Waals surface area contributed by atoms with Crippen molar-refractivity contribution in [3.05, 3.63) is 94.3 Å². The lowest BCUT2D eigenvalue weighted by Crippen LogP contribution is -2.16. The van der Waals surface area contributed by atoms with Crippen LogP contribution in [0, 0.1) is 6.92 Å². The SMILES string of the molecule is Cc1ccn(C2CC2)c(=O)c1.Clc1ccc(-n2ccc3ccncc32)cc1. The van der Waals surface area contributed by atoms with Crippen LogP contribution >= 0.6 is 11.6 Å². The number of hydrogen-bond donors (Lipinski definition) is 0. The van der Waals surface area contributed by atoms with Crippen LogP contribution in [0.3, 0.4) is 0 Å². The molecule has 0 saturated heterocycles. The van der Waals surface area contributed by atoms with Gasteiger partial charge >= 0.3 is 0 Å². The van der Waals surface area contributed by atoms with Crippen LogP contribution in [-0.4, -0.2) is 14.1 Å². The minimum Gasteiger partial charge on any atom is -0.315 e. The van der Waals surface area contributed by atoms with Crippen molar-refractivity contribution in [2.24, 2.45) is 0 Å². The van der Waals surface area contributed by atoms with Crippen LogP contribution in [0.1, 0.15) is 24.4 Å². The fraction of sp³-hybridized carbons (Fsp3) is 0.182. The van der Waals surface area contributed by atoms with Crippen molar-refractivity contribution in [2.45, 2.75) is 25.8 Å². The van der Waals surface area contributed by atoms with Gasteiger partial charge in [-0.25, -0.2) is 0 Å². The molecule has 1 fully saturated rings. The lowest BCUT2D eigenvalue weighted by Gasteiger charge is -2.04. The van der Waals surface area contributed by atoms with Gasteiger partial charge in [0.05, 0.1) is 11.7 Å². The van der Waals surface area contributed by atoms with Gasteiger partial charge in [-0.1, -0.05) is 11.6 Å². The molecule has 136 valence electrons. The van der Waals surface area contributed by atoms with Gasteiger partial charge in [-0.15, -0.1) is 0 Å². The number of halogens is 1. The summed E-state index contributed by atoms with van der Waals surface area (Å²) in [5, 5.41) is 1.93. The number of rotatable bonds is 2. The lowest BCUT2D eigenvalue weighted by molar-refractivity contribution is 0.705. The molecule has 4 nitrogen and oxygen atoms in total. The summed E-state index contributed by atoms with van der Waals surface area (Å²) in [6.07, 6.45) is 9.94. The van der Waals surface area contributed by atoms with Crippen LogP contribution in [0.5, 0.6) is 0 Å². The molecule has 5 heteroatoms. The number of nitrogens with zero attached hydrogens (tertiary/aromatic N) is 3. The summed E-state index contributed by atoms with van der Waals surface area (Å²) in [6, 6.07) is 16.0. The Morgan fingerprint density at radius 1 is 1.04 bits per heavy atom. The fourth-order valence-electron chi connectivity index (χ4n) is 3.04. The summed E-state index contributed by atoms with van der Waals surface area (Å²) in [4.78, 5) is 15.4. The first-order valence-corrected chi connectivity index (χ1v) is 9.35. The van der Waals surface area contributed by atoms with Gasteiger partial charge in [0.1, 0.15) is 0 Å². The van der Waals surface area contributed by atoms with Crippen LogP contribution in [-0.2, 0) is 0 Å². The standard InChI is InChI=1S/C13H9ClN2.C9H11NO/c14-11-1-3-12(4-2-11)16-8-6-10-5-7-15-9-13(10)16;1-7-4-5-10(8-2-3-8)9(11)6-7/h1-9H;4-6,8H,2-3H2,1H3. The Hall–Kier alpha value is -2.85. The van der Waals surface area contributed by atoms with Gasteiger partial charge in [0.15, 0.2) is 0 Å². The van der Waals surface area contributed by atoms with E-state index in [4.69, 9.17) is 11.6 Å². The molecule has 27 heavy (non-hydrogen) atoms. The van der Waals surface area contributed by atoms with E-state index in [1.165, 1.54) is 18.2 Å². The second-order valence-corrected chi connectivity index (χ2v) is 7.21. The molecular formula is C22H20ClN3O. The quantitative estimate of drug-likeness (QED) is 0.483. The van der Waals surface area contributed by atoms with Gasteiger partial charge in [0.2, 0.25) is 0 Å². The summed E-state index contributed by atoms with van der Waals surface area (Å²) in [6.45, 7) is 1.94. The second kappa shape index (κ2) is 7.41. The molecule has 0 spiro atoms. The molecule has 0 unspecified atom stereocenters. The smallest absolute Gasteiger partial charge is 0.251 e. The summed E-state index contributed by atoms with van der Waals surface area (Å²) in [7, 11) is 0. The van der Waals surface area contributed by atoms with E-state index >= 15 is 0 Å². The third kappa shape index (κ3) is 3.96. The molecule has 0 bridgehead atoms. The van der Waals surface area contributed by atoms with Crippen molar-refractivity contribution in [2.75, 3.05) is 0 Å². The number of benzene rings is 1. The van der Waals surface area contributed by atoms with E-state index in [0.717, 1.165) is 21.8 Å². The maximum atomic E-state index is 11.3. The molecule has 1 aliphatic carbocycles. The summed E-state index contributed by atoms with van der Waals surface area (Å²) < 4.78 is 3.92. The first kappa shape index (κ1) is 17.6. The van der Waals surface area contributed by atoms with Gasteiger partial charge < -0.3 is 9.13 Å². The van der Waals surface area contributed by atoms with Crippen molar-refractivity contribution < 1.29 is 0 Å². The van der Waals surface area contributed by atoms with E-state index in [1.54, 1.807) is 12.3 Å².